The molecule has 6 nitrogen and oxygen atoms in total. The summed E-state index contributed by atoms with van der Waals surface area (Å²) in [6, 6.07) is 6.75. The lowest BCUT2D eigenvalue weighted by Crippen LogP contribution is -2.41. The van der Waals surface area contributed by atoms with Gasteiger partial charge < -0.3 is 19.1 Å². The number of hydrogen-bond acceptors (Lipinski definition) is 5. The lowest BCUT2D eigenvalue weighted by atomic mass is 10.1. The Kier molecular flexibility index (Phi) is 6.16. The van der Waals surface area contributed by atoms with Gasteiger partial charge in [0.1, 0.15) is 17.5 Å². The molecule has 1 fully saturated rings. The molecule has 2 atom stereocenters. The molecule has 0 aromatic heterocycles. The van der Waals surface area contributed by atoms with E-state index in [0.717, 1.165) is 0 Å². The molecule has 0 radical (unpaired) electrons. The average molecular weight is 370 g/mol. The predicted octanol–water partition coefficient (Wildman–Crippen LogP) is 3.66. The van der Waals surface area contributed by atoms with E-state index in [0.29, 0.717) is 23.7 Å². The third kappa shape index (κ3) is 5.81. The molecule has 1 aliphatic heterocycles. The number of rotatable bonds is 4. The number of esters is 1. The van der Waals surface area contributed by atoms with Crippen LogP contribution < -0.4 is 4.74 Å². The molecule has 1 aromatic carbocycles. The minimum Gasteiger partial charge on any atom is -0.488 e. The van der Waals surface area contributed by atoms with Crippen molar-refractivity contribution in [3.8, 4) is 5.75 Å². The van der Waals surface area contributed by atoms with Gasteiger partial charge in [0, 0.05) is 17.5 Å². The second-order valence-electron chi connectivity index (χ2n) is 7.00. The van der Waals surface area contributed by atoms with Gasteiger partial charge in [-0.15, -0.1) is 0 Å². The van der Waals surface area contributed by atoms with E-state index in [2.05, 4.69) is 0 Å². The normalized spacial score (nSPS) is 20.3. The van der Waals surface area contributed by atoms with Crippen molar-refractivity contribution in [1.82, 2.24) is 4.90 Å². The van der Waals surface area contributed by atoms with Crippen LogP contribution in [0.2, 0.25) is 5.02 Å². The third-order valence-corrected chi connectivity index (χ3v) is 3.97. The zero-order valence-corrected chi connectivity index (χ0v) is 15.7. The maximum atomic E-state index is 12.5. The molecule has 1 saturated heterocycles. The number of ether oxygens (including phenoxy) is 3. The first-order chi connectivity index (χ1) is 11.7. The highest BCUT2D eigenvalue weighted by atomic mass is 35.5. The van der Waals surface area contributed by atoms with Crippen molar-refractivity contribution in [2.45, 2.75) is 51.4 Å². The molecular weight excluding hydrogens is 346 g/mol. The second-order valence-corrected chi connectivity index (χ2v) is 7.44. The van der Waals surface area contributed by atoms with E-state index >= 15 is 0 Å². The Hall–Kier alpha value is -1.95. The van der Waals surface area contributed by atoms with Crippen LogP contribution in [0.3, 0.4) is 0 Å². The first-order valence-corrected chi connectivity index (χ1v) is 8.54. The molecule has 138 valence electrons. The van der Waals surface area contributed by atoms with Crippen LogP contribution in [-0.4, -0.2) is 48.4 Å². The van der Waals surface area contributed by atoms with E-state index in [1.807, 2.05) is 0 Å². The van der Waals surface area contributed by atoms with E-state index < -0.39 is 11.7 Å². The summed E-state index contributed by atoms with van der Waals surface area (Å²) in [5.41, 5.74) is -0.612. The summed E-state index contributed by atoms with van der Waals surface area (Å²) in [7, 11) is 1.33. The van der Waals surface area contributed by atoms with E-state index in [1.54, 1.807) is 45.0 Å². The Balaban J connectivity index is 2.09. The van der Waals surface area contributed by atoms with Gasteiger partial charge >= 0.3 is 12.1 Å². The van der Waals surface area contributed by atoms with Crippen LogP contribution in [0.25, 0.3) is 0 Å². The van der Waals surface area contributed by atoms with E-state index in [9.17, 15) is 9.59 Å². The topological polar surface area (TPSA) is 65.1 Å². The smallest absolute Gasteiger partial charge is 0.410 e. The Morgan fingerprint density at radius 1 is 1.32 bits per heavy atom. The van der Waals surface area contributed by atoms with Crippen LogP contribution in [0.4, 0.5) is 4.79 Å². The number of benzene rings is 1. The second kappa shape index (κ2) is 7.95. The van der Waals surface area contributed by atoms with Crippen LogP contribution >= 0.6 is 11.6 Å². The average Bonchev–Trinajstić information content (AvgIpc) is 2.88. The van der Waals surface area contributed by atoms with Gasteiger partial charge in [0.2, 0.25) is 0 Å². The Bertz CT molecular complexity index is 628. The number of methoxy groups -OCH3 is 1. The molecule has 2 rings (SSSR count). The number of likely N-dealkylation sites (tertiary alicyclic amines) is 1. The molecule has 0 spiro atoms. The number of halogens is 1. The van der Waals surface area contributed by atoms with Crippen molar-refractivity contribution in [2.75, 3.05) is 13.7 Å². The van der Waals surface area contributed by atoms with Gasteiger partial charge in [0.25, 0.3) is 0 Å². The van der Waals surface area contributed by atoms with Crippen LogP contribution in [0.15, 0.2) is 24.3 Å². The maximum Gasteiger partial charge on any atom is 0.410 e. The lowest BCUT2D eigenvalue weighted by molar-refractivity contribution is -0.141. The Morgan fingerprint density at radius 3 is 2.64 bits per heavy atom. The molecule has 1 heterocycles. The highest BCUT2D eigenvalue weighted by Gasteiger charge is 2.39. The minimum atomic E-state index is -0.612. The molecule has 0 bridgehead atoms. The molecule has 1 amide bonds. The van der Waals surface area contributed by atoms with Crippen molar-refractivity contribution in [1.29, 1.82) is 0 Å². The van der Waals surface area contributed by atoms with E-state index in [4.69, 9.17) is 25.8 Å². The summed E-state index contributed by atoms with van der Waals surface area (Å²) in [6.07, 6.45) is -0.0920. The summed E-state index contributed by atoms with van der Waals surface area (Å²) in [4.78, 5) is 25.7. The fraction of sp³-hybridized carbons (Fsp3) is 0.556. The molecule has 25 heavy (non-hydrogen) atoms. The van der Waals surface area contributed by atoms with Gasteiger partial charge in [-0.2, -0.15) is 0 Å². The van der Waals surface area contributed by atoms with Gasteiger partial charge in [-0.1, -0.05) is 17.7 Å². The SMILES string of the molecule is COC(=O)CC1CC(Oc2cccc(Cl)c2)CN1C(=O)OC(C)(C)C. The number of amides is 1. The van der Waals surface area contributed by atoms with Crippen molar-refractivity contribution in [3.63, 3.8) is 0 Å². The van der Waals surface area contributed by atoms with E-state index in [1.165, 1.54) is 12.0 Å². The van der Waals surface area contributed by atoms with Gasteiger partial charge in [-0.25, -0.2) is 4.79 Å². The zero-order valence-electron chi connectivity index (χ0n) is 15.0. The van der Waals surface area contributed by atoms with Crippen molar-refractivity contribution >= 4 is 23.7 Å². The Labute approximate surface area is 153 Å². The minimum absolute atomic E-state index is 0.102. The first kappa shape index (κ1) is 19.4. The molecular formula is C18H24ClNO5. The third-order valence-electron chi connectivity index (χ3n) is 3.73. The van der Waals surface area contributed by atoms with Crippen LogP contribution in [0.5, 0.6) is 5.75 Å². The van der Waals surface area contributed by atoms with Crippen LogP contribution in [0.1, 0.15) is 33.6 Å². The fourth-order valence-corrected chi connectivity index (χ4v) is 2.89. The van der Waals surface area contributed by atoms with Gasteiger partial charge in [0.05, 0.1) is 20.1 Å². The van der Waals surface area contributed by atoms with Crippen LogP contribution in [0, 0.1) is 0 Å². The molecule has 0 N–H and O–H groups in total. The predicted molar refractivity (Wildman–Crippen MR) is 93.8 cm³/mol. The lowest BCUT2D eigenvalue weighted by Gasteiger charge is -2.27. The molecule has 1 aromatic rings. The molecule has 2 unspecified atom stereocenters. The summed E-state index contributed by atoms with van der Waals surface area (Å²) in [6.45, 7) is 5.74. The molecule has 1 aliphatic rings. The number of carbonyl (C=O) groups is 2. The maximum absolute atomic E-state index is 12.5. The summed E-state index contributed by atoms with van der Waals surface area (Å²) in [5, 5.41) is 0.575. The molecule has 0 saturated carbocycles. The highest BCUT2D eigenvalue weighted by molar-refractivity contribution is 6.30. The van der Waals surface area contributed by atoms with Gasteiger partial charge in [-0.3, -0.25) is 4.79 Å². The zero-order chi connectivity index (χ0) is 18.6. The monoisotopic (exact) mass is 369 g/mol. The number of hydrogen-bond donors (Lipinski definition) is 0. The summed E-state index contributed by atoms with van der Waals surface area (Å²) in [5.74, 6) is 0.252. The standard InChI is InChI=1S/C18H24ClNO5/c1-18(2,3)25-17(22)20-11-15(9-13(20)10-16(21)23-4)24-14-7-5-6-12(19)8-14/h5-8,13,15H,9-11H2,1-4H3. The molecule has 0 aliphatic carbocycles. The fourth-order valence-electron chi connectivity index (χ4n) is 2.71. The van der Waals surface area contributed by atoms with Gasteiger partial charge in [0.15, 0.2) is 0 Å². The Morgan fingerprint density at radius 2 is 2.04 bits per heavy atom. The van der Waals surface area contributed by atoms with Crippen LogP contribution in [-0.2, 0) is 14.3 Å². The first-order valence-electron chi connectivity index (χ1n) is 8.16. The largest absolute Gasteiger partial charge is 0.488 e. The highest BCUT2D eigenvalue weighted by Crippen LogP contribution is 2.28. The van der Waals surface area contributed by atoms with Crippen molar-refractivity contribution in [2.24, 2.45) is 0 Å². The number of carbonyl (C=O) groups excluding carboxylic acids is 2. The molecule has 7 heteroatoms. The van der Waals surface area contributed by atoms with Crippen molar-refractivity contribution in [3.05, 3.63) is 29.3 Å². The number of nitrogens with zero attached hydrogens (tertiary/aromatic N) is 1. The quantitative estimate of drug-likeness (QED) is 0.758. The van der Waals surface area contributed by atoms with Gasteiger partial charge in [-0.05, 0) is 39.0 Å². The summed E-state index contributed by atoms with van der Waals surface area (Å²) >= 11 is 5.97. The summed E-state index contributed by atoms with van der Waals surface area (Å²) < 4.78 is 16.1. The van der Waals surface area contributed by atoms with E-state index in [-0.39, 0.29) is 24.5 Å². The van der Waals surface area contributed by atoms with Crippen molar-refractivity contribution < 1.29 is 23.8 Å².